The summed E-state index contributed by atoms with van der Waals surface area (Å²) in [5.74, 6) is 3.52. The molecule has 0 bridgehead atoms. The Morgan fingerprint density at radius 3 is 2.09 bits per heavy atom. The molecule has 0 amide bonds. The van der Waals surface area contributed by atoms with E-state index in [2.05, 4.69) is 16.1 Å². The normalized spacial score (nSPS) is 13.7. The number of terminal acetylenes is 1. The predicted octanol–water partition coefficient (Wildman–Crippen LogP) is 5.01. The maximum atomic E-state index is 5.84. The minimum absolute atomic E-state index is 0.135. The summed E-state index contributed by atoms with van der Waals surface area (Å²) in [6, 6.07) is 17.8. The highest BCUT2D eigenvalue weighted by Gasteiger charge is 2.23. The molecule has 0 fully saturated rings. The van der Waals surface area contributed by atoms with Gasteiger partial charge in [0, 0.05) is 0 Å². The van der Waals surface area contributed by atoms with Gasteiger partial charge in [-0.05, 0) is 37.1 Å². The van der Waals surface area contributed by atoms with E-state index in [0.29, 0.717) is 0 Å². The van der Waals surface area contributed by atoms with Crippen molar-refractivity contribution in [3.05, 3.63) is 65.7 Å². The van der Waals surface area contributed by atoms with Gasteiger partial charge in [0.1, 0.15) is 11.8 Å². The molecule has 2 rings (SSSR count). The molecule has 0 aromatic heterocycles. The van der Waals surface area contributed by atoms with E-state index < -0.39 is 0 Å². The van der Waals surface area contributed by atoms with Gasteiger partial charge in [-0.1, -0.05) is 48.4 Å². The quantitative estimate of drug-likeness (QED) is 0.545. The Labute approximate surface area is 138 Å². The Morgan fingerprint density at radius 1 is 0.913 bits per heavy atom. The smallest absolute Gasteiger partial charge is 0.118 e. The second-order valence-electron chi connectivity index (χ2n) is 5.60. The zero-order valence-electron chi connectivity index (χ0n) is 13.8. The molecule has 3 nitrogen and oxygen atoms in total. The fourth-order valence-corrected chi connectivity index (χ4v) is 2.36. The summed E-state index contributed by atoms with van der Waals surface area (Å²) in [6.07, 6.45) is 5.84. The van der Waals surface area contributed by atoms with E-state index in [1.54, 1.807) is 7.11 Å². The lowest BCUT2D eigenvalue weighted by Crippen LogP contribution is -2.08. The van der Waals surface area contributed by atoms with Crippen molar-refractivity contribution in [3.63, 3.8) is 0 Å². The minimum atomic E-state index is -0.197. The molecule has 23 heavy (non-hydrogen) atoms. The fraction of sp³-hybridized carbons (Fsp3) is 0.300. The SMILES string of the molecule is C#CC(c1ccc(OC)cc1)C(N=NC(C)C)c1ccccc1. The monoisotopic (exact) mass is 306 g/mol. The summed E-state index contributed by atoms with van der Waals surface area (Å²) in [6.45, 7) is 4.01. The van der Waals surface area contributed by atoms with Crippen LogP contribution in [-0.2, 0) is 0 Å². The number of rotatable bonds is 6. The van der Waals surface area contributed by atoms with Crippen molar-refractivity contribution in [2.75, 3.05) is 7.11 Å². The molecule has 0 radical (unpaired) electrons. The lowest BCUT2D eigenvalue weighted by molar-refractivity contribution is 0.414. The van der Waals surface area contributed by atoms with Crippen LogP contribution in [0.1, 0.15) is 36.9 Å². The Morgan fingerprint density at radius 2 is 1.57 bits per heavy atom. The highest BCUT2D eigenvalue weighted by molar-refractivity contribution is 5.37. The zero-order valence-corrected chi connectivity index (χ0v) is 13.8. The van der Waals surface area contributed by atoms with Gasteiger partial charge in [0.25, 0.3) is 0 Å². The first-order valence-electron chi connectivity index (χ1n) is 7.70. The predicted molar refractivity (Wildman–Crippen MR) is 93.7 cm³/mol. The lowest BCUT2D eigenvalue weighted by Gasteiger charge is -2.20. The van der Waals surface area contributed by atoms with Gasteiger partial charge in [-0.3, -0.25) is 0 Å². The molecule has 0 N–H and O–H groups in total. The van der Waals surface area contributed by atoms with Crippen molar-refractivity contribution in [2.45, 2.75) is 31.8 Å². The molecule has 0 aliphatic carbocycles. The van der Waals surface area contributed by atoms with Crippen molar-refractivity contribution >= 4 is 0 Å². The van der Waals surface area contributed by atoms with Crippen LogP contribution < -0.4 is 4.74 Å². The average Bonchev–Trinajstić information content (AvgIpc) is 2.59. The van der Waals surface area contributed by atoms with E-state index in [4.69, 9.17) is 11.2 Å². The first-order chi connectivity index (χ1) is 11.2. The van der Waals surface area contributed by atoms with Crippen LogP contribution in [-0.4, -0.2) is 13.2 Å². The molecule has 0 aliphatic rings. The molecular weight excluding hydrogens is 284 g/mol. The van der Waals surface area contributed by atoms with E-state index >= 15 is 0 Å². The Bertz CT molecular complexity index is 669. The van der Waals surface area contributed by atoms with Crippen molar-refractivity contribution in [3.8, 4) is 18.1 Å². The largest absolute Gasteiger partial charge is 0.497 e. The fourth-order valence-electron chi connectivity index (χ4n) is 2.36. The first-order valence-corrected chi connectivity index (χ1v) is 7.70. The second-order valence-corrected chi connectivity index (χ2v) is 5.60. The maximum absolute atomic E-state index is 5.84. The third kappa shape index (κ3) is 4.43. The molecule has 0 saturated carbocycles. The van der Waals surface area contributed by atoms with Crippen LogP contribution in [0.5, 0.6) is 5.75 Å². The van der Waals surface area contributed by atoms with E-state index in [1.165, 1.54) is 0 Å². The van der Waals surface area contributed by atoms with E-state index in [9.17, 15) is 0 Å². The number of nitrogens with zero attached hydrogens (tertiary/aromatic N) is 2. The summed E-state index contributed by atoms with van der Waals surface area (Å²) >= 11 is 0. The molecule has 0 saturated heterocycles. The average molecular weight is 306 g/mol. The van der Waals surface area contributed by atoms with Crippen LogP contribution in [0.3, 0.4) is 0 Å². The third-order valence-electron chi connectivity index (χ3n) is 3.53. The van der Waals surface area contributed by atoms with Gasteiger partial charge in [0.15, 0.2) is 0 Å². The van der Waals surface area contributed by atoms with Crippen LogP contribution in [0.15, 0.2) is 64.8 Å². The molecule has 2 aromatic rings. The number of hydrogen-bond acceptors (Lipinski definition) is 3. The number of benzene rings is 2. The highest BCUT2D eigenvalue weighted by atomic mass is 16.5. The highest BCUT2D eigenvalue weighted by Crippen LogP contribution is 2.34. The summed E-state index contributed by atoms with van der Waals surface area (Å²) in [5, 5.41) is 8.87. The van der Waals surface area contributed by atoms with Crippen LogP contribution in [0, 0.1) is 12.3 Å². The van der Waals surface area contributed by atoms with Gasteiger partial charge in [-0.25, -0.2) is 0 Å². The van der Waals surface area contributed by atoms with Crippen LogP contribution in [0.4, 0.5) is 0 Å². The zero-order chi connectivity index (χ0) is 16.7. The third-order valence-corrected chi connectivity index (χ3v) is 3.53. The topological polar surface area (TPSA) is 34.0 Å². The molecule has 0 aliphatic heterocycles. The van der Waals surface area contributed by atoms with Gasteiger partial charge in [-0.2, -0.15) is 10.2 Å². The van der Waals surface area contributed by atoms with Crippen LogP contribution in [0.2, 0.25) is 0 Å². The van der Waals surface area contributed by atoms with Crippen molar-refractivity contribution in [1.29, 1.82) is 0 Å². The van der Waals surface area contributed by atoms with Crippen molar-refractivity contribution < 1.29 is 4.74 Å². The summed E-state index contributed by atoms with van der Waals surface area (Å²) in [7, 11) is 1.65. The Kier molecular flexibility index (Phi) is 5.94. The molecule has 0 spiro atoms. The van der Waals surface area contributed by atoms with Gasteiger partial charge in [-0.15, -0.1) is 6.42 Å². The number of ether oxygens (including phenoxy) is 1. The number of azo groups is 1. The Balaban J connectivity index is 2.40. The molecule has 2 atom stereocenters. The van der Waals surface area contributed by atoms with E-state index in [-0.39, 0.29) is 18.0 Å². The Hall–Kier alpha value is -2.60. The van der Waals surface area contributed by atoms with Gasteiger partial charge in [0.05, 0.1) is 19.1 Å². The number of hydrogen-bond donors (Lipinski definition) is 0. The molecule has 118 valence electrons. The van der Waals surface area contributed by atoms with Crippen LogP contribution in [0.25, 0.3) is 0 Å². The van der Waals surface area contributed by atoms with Gasteiger partial charge < -0.3 is 4.74 Å². The molecule has 3 heteroatoms. The maximum Gasteiger partial charge on any atom is 0.118 e. The summed E-state index contributed by atoms with van der Waals surface area (Å²) in [5.41, 5.74) is 2.10. The van der Waals surface area contributed by atoms with Gasteiger partial charge in [0.2, 0.25) is 0 Å². The van der Waals surface area contributed by atoms with Crippen molar-refractivity contribution in [2.24, 2.45) is 10.2 Å². The second kappa shape index (κ2) is 8.14. The minimum Gasteiger partial charge on any atom is -0.497 e. The van der Waals surface area contributed by atoms with Crippen molar-refractivity contribution in [1.82, 2.24) is 0 Å². The molecule has 2 unspecified atom stereocenters. The summed E-state index contributed by atoms with van der Waals surface area (Å²) in [4.78, 5) is 0. The van der Waals surface area contributed by atoms with Crippen LogP contribution >= 0.6 is 0 Å². The molecular formula is C20H22N2O. The first kappa shape index (κ1) is 16.8. The van der Waals surface area contributed by atoms with E-state index in [1.807, 2.05) is 68.4 Å². The van der Waals surface area contributed by atoms with Gasteiger partial charge >= 0.3 is 0 Å². The summed E-state index contributed by atoms with van der Waals surface area (Å²) < 4.78 is 5.21. The standard InChI is InChI=1S/C20H22N2O/c1-5-19(16-11-13-18(23-4)14-12-16)20(22-21-15(2)3)17-9-7-6-8-10-17/h1,6-15,19-20H,2-4H3. The number of methoxy groups -OCH3 is 1. The van der Waals surface area contributed by atoms with E-state index in [0.717, 1.165) is 16.9 Å². The lowest BCUT2D eigenvalue weighted by atomic mass is 9.88. The molecule has 2 aromatic carbocycles. The molecule has 0 heterocycles.